The molecular formula is C43H43N3O15. The van der Waals surface area contributed by atoms with E-state index in [0.717, 1.165) is 55.5 Å². The van der Waals surface area contributed by atoms with Crippen LogP contribution in [-0.2, 0) is 58.7 Å². The van der Waals surface area contributed by atoms with Crippen molar-refractivity contribution in [2.24, 2.45) is 4.99 Å². The standard InChI is InChI=1S/C43H43N3O15/c1-25-3-7-29-33(17-25)49-34-20-28(44-14-13-43(60-61-43)12-11-37-50-51-37)6-8-30(34)42(29)27-5-10-32(46(23-40-56-57-40)24-41-58-59-41)36(19-27)48-16-15-47-35-18-26(2)4-9-31(35)45(21-38-52-53-38)22-39-54-55-39/h3-10,17-20,37-41H,11-16,21-24H2,1-2H3/b44-28-. The van der Waals surface area contributed by atoms with Crippen molar-refractivity contribution in [2.45, 2.75) is 70.3 Å². The summed E-state index contributed by atoms with van der Waals surface area (Å²) in [6.07, 6.45) is 0.358. The molecule has 6 fully saturated rings. The largest absolute Gasteiger partial charge is 0.488 e. The Balaban J connectivity index is 0.890. The zero-order chi connectivity index (χ0) is 40.9. The van der Waals surface area contributed by atoms with Crippen LogP contribution in [0.1, 0.15) is 30.4 Å². The summed E-state index contributed by atoms with van der Waals surface area (Å²) < 4.78 is 19.7. The quantitative estimate of drug-likeness (QED) is 0.0337. The third-order valence-corrected chi connectivity index (χ3v) is 11.0. The molecule has 0 spiro atoms. The summed E-state index contributed by atoms with van der Waals surface area (Å²) in [5.41, 5.74) is 7.37. The molecule has 0 radical (unpaired) electrons. The molecule has 61 heavy (non-hydrogen) atoms. The van der Waals surface area contributed by atoms with E-state index >= 15 is 0 Å². The minimum Gasteiger partial charge on any atom is -0.488 e. The normalized spacial score (nSPS) is 19.7. The Kier molecular flexibility index (Phi) is 10.5. The Bertz CT molecular complexity index is 2390. The van der Waals surface area contributed by atoms with Crippen molar-refractivity contribution in [1.82, 2.24) is 0 Å². The molecule has 18 heteroatoms. The van der Waals surface area contributed by atoms with Crippen LogP contribution in [0.3, 0.4) is 0 Å². The molecule has 18 nitrogen and oxygen atoms in total. The first-order chi connectivity index (χ1) is 29.9. The Labute approximate surface area is 348 Å². The first-order valence-corrected chi connectivity index (χ1v) is 20.4. The smallest absolute Gasteiger partial charge is 0.241 e. The summed E-state index contributed by atoms with van der Waals surface area (Å²) in [7, 11) is 0. The lowest BCUT2D eigenvalue weighted by molar-refractivity contribution is 0.0850. The first-order valence-electron chi connectivity index (χ1n) is 20.4. The van der Waals surface area contributed by atoms with E-state index in [1.807, 2.05) is 56.3 Å². The highest BCUT2D eigenvalue weighted by Crippen LogP contribution is 2.44. The zero-order valence-corrected chi connectivity index (χ0v) is 33.4. The van der Waals surface area contributed by atoms with Crippen molar-refractivity contribution in [1.29, 1.82) is 0 Å². The highest BCUT2D eigenvalue weighted by molar-refractivity contribution is 6.02. The second-order valence-electron chi connectivity index (χ2n) is 15.7. The van der Waals surface area contributed by atoms with Gasteiger partial charge in [0.25, 0.3) is 0 Å². The molecule has 0 bridgehead atoms. The van der Waals surface area contributed by atoms with Crippen LogP contribution in [0.4, 0.5) is 11.4 Å². The monoisotopic (exact) mass is 841 g/mol. The number of benzene rings is 4. The van der Waals surface area contributed by atoms with Gasteiger partial charge >= 0.3 is 0 Å². The lowest BCUT2D eigenvalue weighted by atomic mass is 9.93. The second-order valence-corrected chi connectivity index (χ2v) is 15.7. The molecular weight excluding hydrogens is 798 g/mol. The number of ether oxygens (including phenoxy) is 2. The summed E-state index contributed by atoms with van der Waals surface area (Å²) in [5.74, 6) is 1.37. The molecule has 0 amide bonds. The predicted molar refractivity (Wildman–Crippen MR) is 209 cm³/mol. The van der Waals surface area contributed by atoms with Gasteiger partial charge in [0.05, 0.1) is 42.9 Å². The Morgan fingerprint density at radius 3 is 1.77 bits per heavy atom. The van der Waals surface area contributed by atoms with E-state index in [2.05, 4.69) is 40.1 Å². The van der Waals surface area contributed by atoms with Gasteiger partial charge in [0.1, 0.15) is 36.1 Å². The van der Waals surface area contributed by atoms with Gasteiger partial charge in [-0.1, -0.05) is 24.3 Å². The first kappa shape index (κ1) is 39.0. The molecule has 0 aromatic heterocycles. The van der Waals surface area contributed by atoms with Gasteiger partial charge in [0, 0.05) is 48.4 Å². The summed E-state index contributed by atoms with van der Waals surface area (Å²) in [4.78, 5) is 70.2. The summed E-state index contributed by atoms with van der Waals surface area (Å²) in [6.45, 7) is 6.88. The van der Waals surface area contributed by atoms with Crippen molar-refractivity contribution in [3.8, 4) is 33.9 Å². The van der Waals surface area contributed by atoms with Crippen LogP contribution in [0.2, 0.25) is 0 Å². The number of anilines is 2. The van der Waals surface area contributed by atoms with Crippen LogP contribution in [0.5, 0.6) is 11.5 Å². The number of hydrogen-bond donors (Lipinski definition) is 0. The number of aryl methyl sites for hydroxylation is 2. The van der Waals surface area contributed by atoms with Crippen LogP contribution in [-0.4, -0.2) is 83.2 Å². The van der Waals surface area contributed by atoms with Gasteiger partial charge in [0.15, 0.2) is 0 Å². The summed E-state index contributed by atoms with van der Waals surface area (Å²) in [5, 5.41) is 1.74. The Hall–Kier alpha value is -4.93. The minimum absolute atomic E-state index is 0.176. The fourth-order valence-corrected chi connectivity index (χ4v) is 7.59. The van der Waals surface area contributed by atoms with E-state index in [0.29, 0.717) is 69.2 Å². The Morgan fingerprint density at radius 1 is 0.590 bits per heavy atom. The molecule has 11 rings (SSSR count). The molecule has 1 aliphatic carbocycles. The molecule has 320 valence electrons. The zero-order valence-electron chi connectivity index (χ0n) is 33.4. The maximum atomic E-state index is 6.66. The van der Waals surface area contributed by atoms with E-state index in [-0.39, 0.29) is 44.7 Å². The highest BCUT2D eigenvalue weighted by Gasteiger charge is 2.49. The highest BCUT2D eigenvalue weighted by atomic mass is 17.4. The molecule has 3 aromatic rings. The van der Waals surface area contributed by atoms with Crippen LogP contribution < -0.4 is 24.6 Å². The van der Waals surface area contributed by atoms with E-state index in [1.165, 1.54) is 0 Å². The average molecular weight is 842 g/mol. The minimum atomic E-state index is -0.640. The van der Waals surface area contributed by atoms with Crippen molar-refractivity contribution in [3.63, 3.8) is 0 Å². The molecule has 7 heterocycles. The van der Waals surface area contributed by atoms with E-state index in [4.69, 9.17) is 77.5 Å². The Morgan fingerprint density at radius 2 is 1.16 bits per heavy atom. The third kappa shape index (κ3) is 9.61. The number of hydrogen-bond acceptors (Lipinski definition) is 18. The molecule has 0 N–H and O–H groups in total. The van der Waals surface area contributed by atoms with Gasteiger partial charge in [0.2, 0.25) is 37.2 Å². The van der Waals surface area contributed by atoms with Crippen LogP contribution in [0, 0.1) is 13.8 Å². The van der Waals surface area contributed by atoms with Gasteiger partial charge in [-0.05, 0) is 73.0 Å². The molecule has 3 aromatic carbocycles. The van der Waals surface area contributed by atoms with Gasteiger partial charge in [-0.2, -0.15) is 58.7 Å². The maximum Gasteiger partial charge on any atom is 0.241 e. The van der Waals surface area contributed by atoms with Crippen molar-refractivity contribution in [3.05, 3.63) is 89.3 Å². The SMILES string of the molecule is Cc1ccc(N(CC2OO2)CC2OO2)c(OCCOc2cc(-c3c4cc/c(=N/CCC5(CCC6OO6)OO5)cc-4oc4cc(C)ccc34)ccc2N(CC2OO2)CC2OO2)c1. The average Bonchev–Trinajstić information content (AvgIpc) is 4.02. The van der Waals surface area contributed by atoms with E-state index in [9.17, 15) is 0 Å². The van der Waals surface area contributed by atoms with Crippen LogP contribution in [0.25, 0.3) is 33.4 Å². The molecule has 0 unspecified atom stereocenters. The molecule has 0 saturated carbocycles. The lowest BCUT2D eigenvalue weighted by Gasteiger charge is -2.26. The molecule has 0 atom stereocenters. The molecule has 7 aliphatic heterocycles. The van der Waals surface area contributed by atoms with Gasteiger partial charge in [-0.3, -0.25) is 4.99 Å². The second kappa shape index (κ2) is 16.4. The lowest BCUT2D eigenvalue weighted by Crippen LogP contribution is -2.32. The van der Waals surface area contributed by atoms with Gasteiger partial charge in [-0.25, -0.2) is 0 Å². The van der Waals surface area contributed by atoms with Crippen LogP contribution >= 0.6 is 0 Å². The van der Waals surface area contributed by atoms with Gasteiger partial charge < -0.3 is 23.7 Å². The van der Waals surface area contributed by atoms with Crippen molar-refractivity contribution in [2.75, 3.05) is 55.7 Å². The predicted octanol–water partition coefficient (Wildman–Crippen LogP) is 6.06. The fourth-order valence-electron chi connectivity index (χ4n) is 7.59. The van der Waals surface area contributed by atoms with Gasteiger partial charge in [-0.15, -0.1) is 0 Å². The fraction of sp³-hybridized carbons (Fsp3) is 0.419. The number of nitrogens with zero attached hydrogens (tertiary/aromatic N) is 3. The van der Waals surface area contributed by atoms with E-state index < -0.39 is 5.79 Å². The number of rotatable bonds is 22. The van der Waals surface area contributed by atoms with E-state index in [1.54, 1.807) is 0 Å². The van der Waals surface area contributed by atoms with Crippen molar-refractivity contribution < 1.29 is 72.5 Å². The topological polar surface area (TPSA) is 201 Å². The third-order valence-electron chi connectivity index (χ3n) is 11.0. The maximum absolute atomic E-state index is 6.66. The summed E-state index contributed by atoms with van der Waals surface area (Å²) >= 11 is 0. The van der Waals surface area contributed by atoms with Crippen LogP contribution in [0.15, 0.2) is 82.2 Å². The summed E-state index contributed by atoms with van der Waals surface area (Å²) in [6, 6.07) is 24.5. The molecule has 6 saturated heterocycles. The number of fused-ring (bicyclic) bond motifs is 2. The van der Waals surface area contributed by atoms with Crippen molar-refractivity contribution >= 4 is 22.3 Å². The molecule has 8 aliphatic rings.